The van der Waals surface area contributed by atoms with Gasteiger partial charge in [-0.2, -0.15) is 0 Å². The summed E-state index contributed by atoms with van der Waals surface area (Å²) in [5.74, 6) is -0.864. The van der Waals surface area contributed by atoms with Gasteiger partial charge in [-0.1, -0.05) is 31.3 Å². The molecule has 3 rings (SSSR count). The normalized spacial score (nSPS) is 13.2. The first-order valence-electron chi connectivity index (χ1n) is 8.76. The van der Waals surface area contributed by atoms with Gasteiger partial charge in [0, 0.05) is 18.0 Å². The summed E-state index contributed by atoms with van der Waals surface area (Å²) in [5.41, 5.74) is 0.810. The average Bonchev–Trinajstić information content (AvgIpc) is 3.22. The van der Waals surface area contributed by atoms with E-state index in [0.29, 0.717) is 16.6 Å². The molecule has 3 amide bonds. The maximum Gasteiger partial charge on any atom is 0.261 e. The molecular weight excluding hydrogens is 364 g/mol. The minimum absolute atomic E-state index is 0.136. The van der Waals surface area contributed by atoms with Gasteiger partial charge in [-0.05, 0) is 31.0 Å². The highest BCUT2D eigenvalue weighted by atomic mass is 32.1. The molecule has 2 heterocycles. The lowest BCUT2D eigenvalue weighted by Gasteiger charge is -2.09. The van der Waals surface area contributed by atoms with Gasteiger partial charge in [0.05, 0.1) is 11.1 Å². The molecule has 1 aromatic carbocycles. The van der Waals surface area contributed by atoms with E-state index in [1.807, 2.05) is 0 Å². The Labute approximate surface area is 161 Å². The molecule has 0 fully saturated rings. The Morgan fingerprint density at radius 3 is 2.59 bits per heavy atom. The number of rotatable bonds is 7. The highest BCUT2D eigenvalue weighted by Crippen LogP contribution is 2.29. The number of nitrogens with zero attached hydrogens (tertiary/aromatic N) is 3. The topological polar surface area (TPSA) is 92.3 Å². The molecule has 0 radical (unpaired) electrons. The lowest BCUT2D eigenvalue weighted by molar-refractivity contribution is 0.0672. The second-order valence-electron chi connectivity index (χ2n) is 6.18. The second-order valence-corrected chi connectivity index (χ2v) is 7.19. The first-order valence-corrected chi connectivity index (χ1v) is 9.57. The van der Waals surface area contributed by atoms with Crippen molar-refractivity contribution in [3.63, 3.8) is 0 Å². The van der Waals surface area contributed by atoms with Gasteiger partial charge in [-0.25, -0.2) is 0 Å². The number of hydrogen-bond acceptors (Lipinski definition) is 6. The fraction of sp³-hybridized carbons (Fsp3) is 0.316. The number of nitrogens with one attached hydrogen (secondary N) is 1. The monoisotopic (exact) mass is 384 g/mol. The van der Waals surface area contributed by atoms with Gasteiger partial charge < -0.3 is 0 Å². The molecule has 7 nitrogen and oxygen atoms in total. The SMILES string of the molecule is C=CCN1C(=O)c2ccc(C(=O)Nc3nnc(C(CC)CC)s3)cc2C1=O. The summed E-state index contributed by atoms with van der Waals surface area (Å²) < 4.78 is 0. The van der Waals surface area contributed by atoms with E-state index < -0.39 is 11.8 Å². The van der Waals surface area contributed by atoms with Gasteiger partial charge in [0.1, 0.15) is 5.01 Å². The summed E-state index contributed by atoms with van der Waals surface area (Å²) >= 11 is 1.35. The molecule has 0 saturated carbocycles. The van der Waals surface area contributed by atoms with Crippen molar-refractivity contribution in [3.05, 3.63) is 52.6 Å². The third kappa shape index (κ3) is 3.52. The van der Waals surface area contributed by atoms with Gasteiger partial charge in [0.25, 0.3) is 17.7 Å². The van der Waals surface area contributed by atoms with Crippen LogP contribution in [-0.4, -0.2) is 39.4 Å². The van der Waals surface area contributed by atoms with Crippen molar-refractivity contribution < 1.29 is 14.4 Å². The Kier molecular flexibility index (Phi) is 5.46. The van der Waals surface area contributed by atoms with Gasteiger partial charge in [-0.3, -0.25) is 24.6 Å². The lowest BCUT2D eigenvalue weighted by atomic mass is 10.1. The molecule has 140 valence electrons. The Hall–Kier alpha value is -2.87. The van der Waals surface area contributed by atoms with E-state index in [1.54, 1.807) is 0 Å². The third-order valence-electron chi connectivity index (χ3n) is 4.54. The molecule has 1 N–H and O–H groups in total. The molecule has 27 heavy (non-hydrogen) atoms. The molecule has 8 heteroatoms. The molecule has 0 aliphatic carbocycles. The number of carbonyl (C=O) groups is 3. The molecular formula is C19H20N4O3S. The third-order valence-corrected chi connectivity index (χ3v) is 5.54. The van der Waals surface area contributed by atoms with E-state index in [9.17, 15) is 14.4 Å². The van der Waals surface area contributed by atoms with E-state index in [0.717, 1.165) is 22.7 Å². The number of fused-ring (bicyclic) bond motifs is 1. The quantitative estimate of drug-likeness (QED) is 0.583. The zero-order valence-corrected chi connectivity index (χ0v) is 16.0. The Morgan fingerprint density at radius 2 is 1.93 bits per heavy atom. The standard InChI is InChI=1S/C19H20N4O3S/c1-4-9-23-17(25)13-8-7-12(10-14(13)18(23)26)15(24)20-19-22-21-16(27-19)11(5-2)6-3/h4,7-8,10-11H,1,5-6,9H2,2-3H3,(H,20,22,24). The second kappa shape index (κ2) is 7.79. The van der Waals surface area contributed by atoms with E-state index in [-0.39, 0.29) is 23.6 Å². The van der Waals surface area contributed by atoms with Crippen LogP contribution in [0.1, 0.15) is 68.7 Å². The van der Waals surface area contributed by atoms with Crippen molar-refractivity contribution in [2.24, 2.45) is 0 Å². The smallest absolute Gasteiger partial charge is 0.261 e. The van der Waals surface area contributed by atoms with Crippen molar-refractivity contribution in [1.82, 2.24) is 15.1 Å². The first-order chi connectivity index (χ1) is 13.0. The maximum atomic E-state index is 12.5. The lowest BCUT2D eigenvalue weighted by Crippen LogP contribution is -2.29. The summed E-state index contributed by atoms with van der Waals surface area (Å²) in [7, 11) is 0. The number of anilines is 1. The summed E-state index contributed by atoms with van der Waals surface area (Å²) in [5, 5.41) is 12.2. The van der Waals surface area contributed by atoms with E-state index in [2.05, 4.69) is 35.9 Å². The van der Waals surface area contributed by atoms with Crippen LogP contribution in [-0.2, 0) is 0 Å². The number of aromatic nitrogens is 2. The van der Waals surface area contributed by atoms with Gasteiger partial charge in [0.15, 0.2) is 0 Å². The van der Waals surface area contributed by atoms with E-state index >= 15 is 0 Å². The molecule has 1 aromatic heterocycles. The number of benzene rings is 1. The zero-order chi connectivity index (χ0) is 19.6. The Bertz CT molecular complexity index is 917. The summed E-state index contributed by atoms with van der Waals surface area (Å²) in [6, 6.07) is 4.47. The molecule has 0 saturated heterocycles. The minimum Gasteiger partial charge on any atom is -0.296 e. The molecule has 1 aliphatic heterocycles. The van der Waals surface area contributed by atoms with Crippen LogP contribution in [0.2, 0.25) is 0 Å². The van der Waals surface area contributed by atoms with Crippen LogP contribution in [0.5, 0.6) is 0 Å². The summed E-state index contributed by atoms with van der Waals surface area (Å²) in [6.45, 7) is 7.87. The van der Waals surface area contributed by atoms with Crippen LogP contribution < -0.4 is 5.32 Å². The van der Waals surface area contributed by atoms with Crippen LogP contribution >= 0.6 is 11.3 Å². The zero-order valence-electron chi connectivity index (χ0n) is 15.2. The predicted molar refractivity (Wildman–Crippen MR) is 103 cm³/mol. The summed E-state index contributed by atoms with van der Waals surface area (Å²) in [4.78, 5) is 38.2. The predicted octanol–water partition coefficient (Wildman–Crippen LogP) is 3.48. The van der Waals surface area contributed by atoms with E-state index in [4.69, 9.17) is 0 Å². The first kappa shape index (κ1) is 18.9. The Balaban J connectivity index is 1.79. The molecule has 0 unspecified atom stereocenters. The van der Waals surface area contributed by atoms with Crippen molar-refractivity contribution in [2.45, 2.75) is 32.6 Å². The average molecular weight is 384 g/mol. The minimum atomic E-state index is -0.420. The number of amides is 3. The molecule has 0 bridgehead atoms. The highest BCUT2D eigenvalue weighted by molar-refractivity contribution is 7.15. The van der Waals surface area contributed by atoms with Crippen LogP contribution in [0.3, 0.4) is 0 Å². The van der Waals surface area contributed by atoms with Crippen LogP contribution in [0.15, 0.2) is 30.9 Å². The van der Waals surface area contributed by atoms with E-state index in [1.165, 1.54) is 35.6 Å². The largest absolute Gasteiger partial charge is 0.296 e. The maximum absolute atomic E-state index is 12.5. The van der Waals surface area contributed by atoms with Gasteiger partial charge in [0.2, 0.25) is 5.13 Å². The van der Waals surface area contributed by atoms with Crippen LogP contribution in [0.4, 0.5) is 5.13 Å². The number of imide groups is 1. The van der Waals surface area contributed by atoms with Gasteiger partial charge >= 0.3 is 0 Å². The van der Waals surface area contributed by atoms with Crippen LogP contribution in [0, 0.1) is 0 Å². The molecule has 0 atom stereocenters. The molecule has 0 spiro atoms. The Morgan fingerprint density at radius 1 is 1.22 bits per heavy atom. The molecule has 1 aliphatic rings. The van der Waals surface area contributed by atoms with Gasteiger partial charge in [-0.15, -0.1) is 16.8 Å². The summed E-state index contributed by atoms with van der Waals surface area (Å²) in [6.07, 6.45) is 3.41. The highest BCUT2D eigenvalue weighted by Gasteiger charge is 2.35. The number of hydrogen-bond donors (Lipinski definition) is 1. The fourth-order valence-corrected chi connectivity index (χ4v) is 3.99. The molecule has 2 aromatic rings. The van der Waals surface area contributed by atoms with Crippen molar-refractivity contribution >= 4 is 34.2 Å². The van der Waals surface area contributed by atoms with Crippen molar-refractivity contribution in [3.8, 4) is 0 Å². The number of carbonyl (C=O) groups excluding carboxylic acids is 3. The fourth-order valence-electron chi connectivity index (χ4n) is 2.98. The van der Waals surface area contributed by atoms with Crippen molar-refractivity contribution in [2.75, 3.05) is 11.9 Å². The van der Waals surface area contributed by atoms with Crippen molar-refractivity contribution in [1.29, 1.82) is 0 Å². The van der Waals surface area contributed by atoms with Crippen LogP contribution in [0.25, 0.3) is 0 Å².